The van der Waals surface area contributed by atoms with E-state index in [1.165, 1.54) is 12.1 Å². The van der Waals surface area contributed by atoms with E-state index in [9.17, 15) is 17.6 Å². The molecule has 0 fully saturated rings. The van der Waals surface area contributed by atoms with Crippen LogP contribution in [0.1, 0.15) is 36.2 Å². The molecule has 0 unspecified atom stereocenters. The molecule has 0 aliphatic rings. The number of halogens is 3. The predicted octanol–water partition coefficient (Wildman–Crippen LogP) is 6.34. The molecule has 0 aliphatic carbocycles. The van der Waals surface area contributed by atoms with Crippen LogP contribution in [0.15, 0.2) is 71.6 Å². The van der Waals surface area contributed by atoms with Crippen molar-refractivity contribution >= 4 is 39.2 Å². The van der Waals surface area contributed by atoms with Crippen molar-refractivity contribution < 1.29 is 21.8 Å². The third kappa shape index (κ3) is 6.05. The molecule has 174 valence electrons. The van der Waals surface area contributed by atoms with E-state index in [0.29, 0.717) is 27.6 Å². The second kappa shape index (κ2) is 10.5. The van der Waals surface area contributed by atoms with Crippen molar-refractivity contribution in [3.05, 3.63) is 93.7 Å². The standard InChI is InChI=1S/C24H22Cl2FNO4S/c1-3-16(2)28(24(29)21-6-4-5-7-22(21)26)15-17-14-18(25)8-13-23(17)32-33(30,31)20-11-9-19(27)10-12-20/h4-14,16H,3,15H2,1-2H3/t16-/m1/s1. The molecule has 9 heteroatoms. The van der Waals surface area contributed by atoms with Crippen LogP contribution >= 0.6 is 23.2 Å². The van der Waals surface area contributed by atoms with Crippen LogP contribution in [0.5, 0.6) is 5.75 Å². The van der Waals surface area contributed by atoms with Crippen molar-refractivity contribution in [2.75, 3.05) is 0 Å². The van der Waals surface area contributed by atoms with Crippen LogP contribution in [0.4, 0.5) is 4.39 Å². The maximum atomic E-state index is 13.3. The van der Waals surface area contributed by atoms with Crippen LogP contribution < -0.4 is 4.18 Å². The Balaban J connectivity index is 1.97. The maximum absolute atomic E-state index is 13.3. The minimum Gasteiger partial charge on any atom is -0.379 e. The highest BCUT2D eigenvalue weighted by molar-refractivity contribution is 7.87. The predicted molar refractivity (Wildman–Crippen MR) is 127 cm³/mol. The van der Waals surface area contributed by atoms with Crippen LogP contribution in [0.3, 0.4) is 0 Å². The van der Waals surface area contributed by atoms with Crippen molar-refractivity contribution in [1.29, 1.82) is 0 Å². The van der Waals surface area contributed by atoms with Gasteiger partial charge in [-0.3, -0.25) is 4.79 Å². The first-order valence-corrected chi connectivity index (χ1v) is 12.3. The molecule has 33 heavy (non-hydrogen) atoms. The highest BCUT2D eigenvalue weighted by Crippen LogP contribution is 2.29. The van der Waals surface area contributed by atoms with Crippen LogP contribution in [-0.2, 0) is 16.7 Å². The van der Waals surface area contributed by atoms with Gasteiger partial charge >= 0.3 is 10.1 Å². The summed E-state index contributed by atoms with van der Waals surface area (Å²) in [4.78, 5) is 14.7. The Morgan fingerprint density at radius 3 is 2.36 bits per heavy atom. The minimum absolute atomic E-state index is 0.0176. The van der Waals surface area contributed by atoms with Crippen LogP contribution in [0.25, 0.3) is 0 Å². The number of hydrogen-bond acceptors (Lipinski definition) is 4. The summed E-state index contributed by atoms with van der Waals surface area (Å²) >= 11 is 12.4. The van der Waals surface area contributed by atoms with Crippen molar-refractivity contribution in [3.63, 3.8) is 0 Å². The summed E-state index contributed by atoms with van der Waals surface area (Å²) in [7, 11) is -4.24. The summed E-state index contributed by atoms with van der Waals surface area (Å²) in [6.45, 7) is 3.86. The number of nitrogens with zero attached hydrogens (tertiary/aromatic N) is 1. The maximum Gasteiger partial charge on any atom is 0.339 e. The van der Waals surface area contributed by atoms with E-state index in [-0.39, 0.29) is 29.1 Å². The van der Waals surface area contributed by atoms with Gasteiger partial charge in [0.25, 0.3) is 5.91 Å². The summed E-state index contributed by atoms with van der Waals surface area (Å²) in [5.74, 6) is -0.852. The third-order valence-electron chi connectivity index (χ3n) is 5.15. The summed E-state index contributed by atoms with van der Waals surface area (Å²) in [5, 5.41) is 0.670. The molecule has 0 aliphatic heterocycles. The first-order chi connectivity index (χ1) is 15.6. The smallest absolute Gasteiger partial charge is 0.339 e. The lowest BCUT2D eigenvalue weighted by molar-refractivity contribution is 0.0671. The Labute approximate surface area is 202 Å². The van der Waals surface area contributed by atoms with Crippen LogP contribution in [-0.4, -0.2) is 25.3 Å². The van der Waals surface area contributed by atoms with E-state index in [1.54, 1.807) is 35.2 Å². The van der Waals surface area contributed by atoms with E-state index in [4.69, 9.17) is 27.4 Å². The van der Waals surface area contributed by atoms with E-state index >= 15 is 0 Å². The topological polar surface area (TPSA) is 63.7 Å². The molecule has 5 nitrogen and oxygen atoms in total. The van der Waals surface area contributed by atoms with Gasteiger partial charge in [-0.05, 0) is 67.9 Å². The lowest BCUT2D eigenvalue weighted by Gasteiger charge is -2.30. The molecule has 3 aromatic rings. The molecule has 1 atom stereocenters. The summed E-state index contributed by atoms with van der Waals surface area (Å²) in [5.41, 5.74) is 0.733. The minimum atomic E-state index is -4.24. The molecular formula is C24H22Cl2FNO4S. The number of amides is 1. The SMILES string of the molecule is CC[C@@H](C)N(Cc1cc(Cl)ccc1OS(=O)(=O)c1ccc(F)cc1)C(=O)c1ccccc1Cl. The first kappa shape index (κ1) is 25.0. The van der Waals surface area contributed by atoms with Gasteiger partial charge in [-0.1, -0.05) is 42.3 Å². The average molecular weight is 510 g/mol. The Morgan fingerprint density at radius 1 is 1.06 bits per heavy atom. The molecule has 0 saturated heterocycles. The van der Waals surface area contributed by atoms with Gasteiger partial charge in [0.05, 0.1) is 17.1 Å². The zero-order chi connectivity index (χ0) is 24.2. The second-order valence-electron chi connectivity index (χ2n) is 7.41. The van der Waals surface area contributed by atoms with Gasteiger partial charge in [0.15, 0.2) is 0 Å². The molecule has 0 spiro atoms. The summed E-state index contributed by atoms with van der Waals surface area (Å²) in [6, 6.07) is 15.3. The number of carbonyl (C=O) groups is 1. The van der Waals surface area contributed by atoms with E-state index in [2.05, 4.69) is 0 Å². The molecular weight excluding hydrogens is 488 g/mol. The summed E-state index contributed by atoms with van der Waals surface area (Å²) in [6.07, 6.45) is 0.654. The van der Waals surface area contributed by atoms with Gasteiger partial charge < -0.3 is 9.08 Å². The van der Waals surface area contributed by atoms with Gasteiger partial charge in [-0.2, -0.15) is 8.42 Å². The zero-order valence-corrected chi connectivity index (χ0v) is 20.3. The molecule has 3 aromatic carbocycles. The Hall–Kier alpha value is -2.61. The lowest BCUT2D eigenvalue weighted by Crippen LogP contribution is -2.38. The van der Waals surface area contributed by atoms with E-state index in [0.717, 1.165) is 24.3 Å². The second-order valence-corrected chi connectivity index (χ2v) is 9.80. The molecule has 3 rings (SSSR count). The quantitative estimate of drug-likeness (QED) is 0.332. The van der Waals surface area contributed by atoms with Crippen LogP contribution in [0, 0.1) is 5.82 Å². The van der Waals surface area contributed by atoms with Crippen molar-refractivity contribution in [1.82, 2.24) is 4.90 Å². The van der Waals surface area contributed by atoms with Gasteiger partial charge in [0.2, 0.25) is 0 Å². The largest absolute Gasteiger partial charge is 0.379 e. The van der Waals surface area contributed by atoms with Gasteiger partial charge in [-0.15, -0.1) is 0 Å². The fourth-order valence-corrected chi connectivity index (χ4v) is 4.52. The monoisotopic (exact) mass is 509 g/mol. The Bertz CT molecular complexity index is 1250. The van der Waals surface area contributed by atoms with Gasteiger partial charge in [0.1, 0.15) is 16.5 Å². The molecule has 1 amide bonds. The Kier molecular flexibility index (Phi) is 8.00. The molecule has 0 bridgehead atoms. The number of benzene rings is 3. The van der Waals surface area contributed by atoms with Crippen molar-refractivity contribution in [3.8, 4) is 5.75 Å². The third-order valence-corrected chi connectivity index (χ3v) is 6.97. The Morgan fingerprint density at radius 2 is 1.73 bits per heavy atom. The summed E-state index contributed by atoms with van der Waals surface area (Å²) < 4.78 is 44.1. The molecule has 0 radical (unpaired) electrons. The van der Waals surface area contributed by atoms with Crippen molar-refractivity contribution in [2.24, 2.45) is 0 Å². The number of rotatable bonds is 8. The fourth-order valence-electron chi connectivity index (χ4n) is 3.14. The van der Waals surface area contributed by atoms with Crippen molar-refractivity contribution in [2.45, 2.75) is 37.8 Å². The highest BCUT2D eigenvalue weighted by Gasteiger charge is 2.25. The average Bonchev–Trinajstić information content (AvgIpc) is 2.78. The highest BCUT2D eigenvalue weighted by atomic mass is 35.5. The molecule has 0 N–H and O–H groups in total. The molecule has 0 heterocycles. The van der Waals surface area contributed by atoms with Gasteiger partial charge in [0, 0.05) is 16.6 Å². The lowest BCUT2D eigenvalue weighted by atomic mass is 10.1. The normalized spacial score (nSPS) is 12.3. The fraction of sp³-hybridized carbons (Fsp3) is 0.208. The zero-order valence-electron chi connectivity index (χ0n) is 18.0. The first-order valence-electron chi connectivity index (χ1n) is 10.2. The number of hydrogen-bond donors (Lipinski definition) is 0. The van der Waals surface area contributed by atoms with Crippen LogP contribution in [0.2, 0.25) is 10.0 Å². The number of carbonyl (C=O) groups excluding carboxylic acids is 1. The van der Waals surface area contributed by atoms with E-state index in [1.807, 2.05) is 13.8 Å². The molecule has 0 saturated carbocycles. The molecule has 0 aromatic heterocycles. The van der Waals surface area contributed by atoms with E-state index < -0.39 is 15.9 Å². The van der Waals surface area contributed by atoms with Gasteiger partial charge in [-0.25, -0.2) is 4.39 Å².